The van der Waals surface area contributed by atoms with Gasteiger partial charge in [0.2, 0.25) is 11.8 Å². The Bertz CT molecular complexity index is 1640. The lowest BCUT2D eigenvalue weighted by Gasteiger charge is -2.36. The number of aryl methyl sites for hydroxylation is 1. The minimum absolute atomic E-state index is 0.0128. The fraction of sp³-hybridized carbons (Fsp3) is 0.595. The Morgan fingerprint density at radius 3 is 2.37 bits per heavy atom. The fourth-order valence-electron chi connectivity index (χ4n) is 6.54. The lowest BCUT2D eigenvalue weighted by molar-refractivity contribution is -0.144. The van der Waals surface area contributed by atoms with Gasteiger partial charge < -0.3 is 39.5 Å². The van der Waals surface area contributed by atoms with Gasteiger partial charge in [0.25, 0.3) is 11.8 Å². The van der Waals surface area contributed by atoms with E-state index in [0.717, 1.165) is 24.8 Å². The predicted octanol–water partition coefficient (Wildman–Crippen LogP) is 2.71. The summed E-state index contributed by atoms with van der Waals surface area (Å²) in [5.41, 5.74) is 1.30. The summed E-state index contributed by atoms with van der Waals surface area (Å²) in [5.74, 6) is -1.78. The van der Waals surface area contributed by atoms with Gasteiger partial charge in [0.15, 0.2) is 6.61 Å². The number of carbonyl (C=O) groups excluding carboxylic acids is 6. The smallest absolute Gasteiger partial charge is 0.409 e. The van der Waals surface area contributed by atoms with E-state index in [4.69, 9.17) is 14.2 Å². The van der Waals surface area contributed by atoms with E-state index in [1.807, 2.05) is 19.9 Å². The largest absolute Gasteiger partial charge is 0.483 e. The van der Waals surface area contributed by atoms with Crippen LogP contribution in [0.15, 0.2) is 24.3 Å². The summed E-state index contributed by atoms with van der Waals surface area (Å²) in [4.78, 5) is 87.7. The third kappa shape index (κ3) is 9.68. The number of pyridine rings is 1. The molecule has 15 nitrogen and oxygen atoms in total. The van der Waals surface area contributed by atoms with E-state index in [0.29, 0.717) is 36.7 Å². The van der Waals surface area contributed by atoms with Crippen LogP contribution in [0.4, 0.5) is 4.79 Å². The van der Waals surface area contributed by atoms with Gasteiger partial charge >= 0.3 is 12.1 Å². The van der Waals surface area contributed by atoms with Crippen LogP contribution in [0, 0.1) is 6.92 Å². The normalized spacial score (nSPS) is 18.0. The number of hydrogen-bond acceptors (Lipinski definition) is 10. The quantitative estimate of drug-likeness (QED) is 0.276. The molecule has 1 saturated carbocycles. The molecule has 0 radical (unpaired) electrons. The van der Waals surface area contributed by atoms with Crippen molar-refractivity contribution in [3.8, 4) is 5.75 Å². The molecule has 0 bridgehead atoms. The Kier molecular flexibility index (Phi) is 13.3. The van der Waals surface area contributed by atoms with Crippen LogP contribution in [-0.4, -0.2) is 126 Å². The Morgan fingerprint density at radius 1 is 0.923 bits per heavy atom. The molecule has 2 aliphatic heterocycles. The number of rotatable bonds is 14. The number of hydrogen-bond donors (Lipinski definition) is 2. The molecule has 0 spiro atoms. The first-order chi connectivity index (χ1) is 25.1. The highest BCUT2D eigenvalue weighted by Crippen LogP contribution is 2.28. The molecule has 1 aromatic carbocycles. The minimum Gasteiger partial charge on any atom is -0.483 e. The van der Waals surface area contributed by atoms with E-state index >= 15 is 0 Å². The molecule has 3 heterocycles. The first kappa shape index (κ1) is 38.3. The van der Waals surface area contributed by atoms with Crippen molar-refractivity contribution in [2.24, 2.45) is 0 Å². The van der Waals surface area contributed by atoms with Crippen molar-refractivity contribution in [2.75, 3.05) is 52.5 Å². The molecule has 2 aromatic rings. The van der Waals surface area contributed by atoms with Gasteiger partial charge in [-0.2, -0.15) is 0 Å². The number of aromatic nitrogens is 1. The second kappa shape index (κ2) is 18.0. The highest BCUT2D eigenvalue weighted by atomic mass is 16.6. The number of likely N-dealkylation sites (tertiary alicyclic amines) is 1. The molecule has 0 unspecified atom stereocenters. The molecular weight excluding hydrogens is 672 g/mol. The van der Waals surface area contributed by atoms with Crippen LogP contribution in [0.1, 0.15) is 81.3 Å². The molecule has 1 aromatic heterocycles. The zero-order chi connectivity index (χ0) is 37.2. The Hall–Kier alpha value is -4.95. The standard InChI is InChI=1S/C37H50N6O9/c1-4-20-51-33(45)14-13-27(36(48)41-16-18-42(19-17-41)37(49)50-5-2)40-34(46)29-22-31(26-12-11-24(3)21-28(26)39-29)52-23-32(44)43-15-7-10-30(43)35(47)38-25-8-6-9-25/h11-12,21-22,25,27,30H,4-10,13-20,23H2,1-3H3,(H,38,47)(H,40,46)/t27-,30-/m0/s1. The van der Waals surface area contributed by atoms with E-state index < -0.39 is 36.0 Å². The summed E-state index contributed by atoms with van der Waals surface area (Å²) in [5, 5.41) is 6.41. The average molecular weight is 723 g/mol. The zero-order valence-corrected chi connectivity index (χ0v) is 30.3. The second-order valence-electron chi connectivity index (χ2n) is 13.5. The van der Waals surface area contributed by atoms with Gasteiger partial charge in [-0.15, -0.1) is 0 Å². The molecule has 3 fully saturated rings. The Morgan fingerprint density at radius 2 is 1.67 bits per heavy atom. The molecule has 2 saturated heterocycles. The third-order valence-electron chi connectivity index (χ3n) is 9.66. The van der Waals surface area contributed by atoms with Crippen LogP contribution in [0.2, 0.25) is 0 Å². The molecule has 1 aliphatic carbocycles. The number of amides is 5. The van der Waals surface area contributed by atoms with E-state index in [1.165, 1.54) is 11.0 Å². The number of nitrogens with one attached hydrogen (secondary N) is 2. The molecule has 282 valence electrons. The van der Waals surface area contributed by atoms with Crippen molar-refractivity contribution in [1.29, 1.82) is 0 Å². The number of piperazine rings is 1. The molecule has 2 N–H and O–H groups in total. The summed E-state index contributed by atoms with van der Waals surface area (Å²) in [7, 11) is 0. The van der Waals surface area contributed by atoms with Gasteiger partial charge in [-0.3, -0.25) is 24.0 Å². The summed E-state index contributed by atoms with van der Waals surface area (Å²) >= 11 is 0. The monoisotopic (exact) mass is 722 g/mol. The minimum atomic E-state index is -1.09. The van der Waals surface area contributed by atoms with E-state index in [1.54, 1.807) is 28.9 Å². The van der Waals surface area contributed by atoms with Crippen LogP contribution in [0.3, 0.4) is 0 Å². The molecular formula is C37H50N6O9. The maximum Gasteiger partial charge on any atom is 0.409 e. The van der Waals surface area contributed by atoms with Gasteiger partial charge in [-0.1, -0.05) is 13.0 Å². The summed E-state index contributed by atoms with van der Waals surface area (Å²) in [6.07, 6.45) is 4.38. The number of nitrogens with zero attached hydrogens (tertiary/aromatic N) is 4. The maximum atomic E-state index is 13.8. The maximum absolute atomic E-state index is 13.8. The Balaban J connectivity index is 1.30. The number of benzene rings is 1. The second-order valence-corrected chi connectivity index (χ2v) is 13.5. The zero-order valence-electron chi connectivity index (χ0n) is 30.3. The molecule has 3 aliphatic rings. The van der Waals surface area contributed by atoms with E-state index in [9.17, 15) is 28.8 Å². The lowest BCUT2D eigenvalue weighted by Crippen LogP contribution is -2.56. The predicted molar refractivity (Wildman–Crippen MR) is 189 cm³/mol. The Labute approximate surface area is 303 Å². The molecule has 15 heteroatoms. The number of carbonyl (C=O) groups is 6. The topological polar surface area (TPSA) is 177 Å². The van der Waals surface area contributed by atoms with Crippen molar-refractivity contribution in [3.05, 3.63) is 35.5 Å². The van der Waals surface area contributed by atoms with Gasteiger partial charge in [0.05, 0.1) is 18.7 Å². The van der Waals surface area contributed by atoms with Crippen molar-refractivity contribution in [2.45, 2.75) is 90.3 Å². The molecule has 2 atom stereocenters. The van der Waals surface area contributed by atoms with Gasteiger partial charge in [-0.25, -0.2) is 9.78 Å². The molecule has 5 rings (SSSR count). The van der Waals surface area contributed by atoms with E-state index in [-0.39, 0.29) is 88.1 Å². The summed E-state index contributed by atoms with van der Waals surface area (Å²) < 4.78 is 16.3. The SMILES string of the molecule is CCCOC(=O)CC[C@H](NC(=O)c1cc(OCC(=O)N2CCC[C@H]2C(=O)NC2CCC2)c2ccc(C)cc2n1)C(=O)N1CCN(C(=O)OCC)CC1. The average Bonchev–Trinajstić information content (AvgIpc) is 3.63. The van der Waals surface area contributed by atoms with Crippen molar-refractivity contribution < 1.29 is 43.0 Å². The van der Waals surface area contributed by atoms with Gasteiger partial charge in [0.1, 0.15) is 23.5 Å². The fourth-order valence-corrected chi connectivity index (χ4v) is 6.54. The number of fused-ring (bicyclic) bond motifs is 1. The highest BCUT2D eigenvalue weighted by molar-refractivity contribution is 5.99. The third-order valence-corrected chi connectivity index (χ3v) is 9.66. The van der Waals surface area contributed by atoms with Gasteiger partial charge in [0, 0.05) is 56.6 Å². The van der Waals surface area contributed by atoms with Gasteiger partial charge in [-0.05, 0) is 76.5 Å². The molecule has 5 amide bonds. The van der Waals surface area contributed by atoms with Crippen molar-refractivity contribution >= 4 is 46.6 Å². The van der Waals surface area contributed by atoms with Crippen LogP contribution in [-0.2, 0) is 28.7 Å². The summed E-state index contributed by atoms with van der Waals surface area (Å²) in [6, 6.07) is 5.43. The van der Waals surface area contributed by atoms with Crippen molar-refractivity contribution in [3.63, 3.8) is 0 Å². The summed E-state index contributed by atoms with van der Waals surface area (Å²) in [6.45, 7) is 7.05. The first-order valence-electron chi connectivity index (χ1n) is 18.4. The van der Waals surface area contributed by atoms with E-state index in [2.05, 4.69) is 15.6 Å². The van der Waals surface area contributed by atoms with Crippen LogP contribution in [0.25, 0.3) is 10.9 Å². The number of ether oxygens (including phenoxy) is 3. The van der Waals surface area contributed by atoms with Crippen LogP contribution in [0.5, 0.6) is 5.75 Å². The van der Waals surface area contributed by atoms with Crippen LogP contribution >= 0.6 is 0 Å². The highest BCUT2D eigenvalue weighted by Gasteiger charge is 2.36. The first-order valence-corrected chi connectivity index (χ1v) is 18.4. The number of esters is 1. The van der Waals surface area contributed by atoms with Crippen molar-refractivity contribution in [1.82, 2.24) is 30.3 Å². The van der Waals surface area contributed by atoms with Crippen LogP contribution < -0.4 is 15.4 Å². The molecule has 52 heavy (non-hydrogen) atoms. The lowest BCUT2D eigenvalue weighted by atomic mass is 9.93.